The van der Waals surface area contributed by atoms with Crippen LogP contribution in [-0.2, 0) is 0 Å². The molecule has 0 aliphatic rings. The average Bonchev–Trinajstić information content (AvgIpc) is 2.68. The molecule has 0 radical (unpaired) electrons. The first-order chi connectivity index (χ1) is 7.33. The molecule has 2 nitrogen and oxygen atoms in total. The van der Waals surface area contributed by atoms with Crippen molar-refractivity contribution in [2.45, 2.75) is 6.04 Å². The molecule has 1 atom stereocenters. The Hall–Kier alpha value is -0.900. The quantitative estimate of drug-likeness (QED) is 0.889. The van der Waals surface area contributed by atoms with Gasteiger partial charge in [0.2, 0.25) is 0 Å². The lowest BCUT2D eigenvalue weighted by molar-refractivity contribution is 0.701. The van der Waals surface area contributed by atoms with Gasteiger partial charge in [0.05, 0.1) is 11.1 Å². The number of rotatable bonds is 3. The third-order valence-electron chi connectivity index (χ3n) is 2.21. The van der Waals surface area contributed by atoms with Crippen LogP contribution in [0.3, 0.4) is 0 Å². The fourth-order valence-electron chi connectivity index (χ4n) is 1.51. The van der Waals surface area contributed by atoms with Crippen LogP contribution in [0, 0.1) is 0 Å². The molecule has 78 valence electrons. The molecule has 4 heteroatoms. The van der Waals surface area contributed by atoms with E-state index in [1.807, 2.05) is 36.8 Å². The number of hydrogen-bond acceptors (Lipinski definition) is 3. The van der Waals surface area contributed by atoms with Crippen LogP contribution in [-0.4, -0.2) is 12.0 Å². The van der Waals surface area contributed by atoms with E-state index in [9.17, 15) is 0 Å². The van der Waals surface area contributed by atoms with Crippen molar-refractivity contribution >= 4 is 22.9 Å². The molecule has 0 aliphatic carbocycles. The van der Waals surface area contributed by atoms with Crippen LogP contribution in [0.1, 0.15) is 16.5 Å². The summed E-state index contributed by atoms with van der Waals surface area (Å²) in [6.07, 6.45) is 3.63. The summed E-state index contributed by atoms with van der Waals surface area (Å²) in [6.45, 7) is 0. The molecule has 2 aromatic heterocycles. The Morgan fingerprint density at radius 2 is 2.33 bits per heavy atom. The highest BCUT2D eigenvalue weighted by Crippen LogP contribution is 2.32. The minimum Gasteiger partial charge on any atom is -0.309 e. The van der Waals surface area contributed by atoms with Gasteiger partial charge in [0.1, 0.15) is 0 Å². The topological polar surface area (TPSA) is 24.9 Å². The predicted octanol–water partition coefficient (Wildman–Crippen LogP) is 3.11. The zero-order chi connectivity index (χ0) is 10.7. The molecule has 0 aromatic carbocycles. The van der Waals surface area contributed by atoms with Gasteiger partial charge in [0, 0.05) is 17.3 Å². The molecule has 1 unspecified atom stereocenters. The molecule has 0 aliphatic heterocycles. The Balaban J connectivity index is 2.37. The molecular formula is C11H11ClN2S. The van der Waals surface area contributed by atoms with Crippen LogP contribution in [0.5, 0.6) is 0 Å². The van der Waals surface area contributed by atoms with E-state index in [2.05, 4.69) is 10.3 Å². The van der Waals surface area contributed by atoms with Gasteiger partial charge >= 0.3 is 0 Å². The van der Waals surface area contributed by atoms with Crippen molar-refractivity contribution in [2.75, 3.05) is 7.05 Å². The highest BCUT2D eigenvalue weighted by molar-refractivity contribution is 7.10. The molecular weight excluding hydrogens is 228 g/mol. The summed E-state index contributed by atoms with van der Waals surface area (Å²) in [6, 6.07) is 6.03. The van der Waals surface area contributed by atoms with E-state index in [1.54, 1.807) is 17.5 Å². The largest absolute Gasteiger partial charge is 0.309 e. The maximum absolute atomic E-state index is 6.11. The van der Waals surface area contributed by atoms with Crippen LogP contribution in [0.2, 0.25) is 5.02 Å². The SMILES string of the molecule is CNC(c1cccnc1)c1sccc1Cl. The summed E-state index contributed by atoms with van der Waals surface area (Å²) in [5, 5.41) is 6.05. The summed E-state index contributed by atoms with van der Waals surface area (Å²) >= 11 is 7.77. The molecule has 1 N–H and O–H groups in total. The first-order valence-corrected chi connectivity index (χ1v) is 5.88. The van der Waals surface area contributed by atoms with Crippen LogP contribution in [0.15, 0.2) is 36.0 Å². The fourth-order valence-corrected chi connectivity index (χ4v) is 2.81. The third-order valence-corrected chi connectivity index (χ3v) is 3.64. The Morgan fingerprint density at radius 1 is 1.47 bits per heavy atom. The molecule has 0 saturated heterocycles. The van der Waals surface area contributed by atoms with Crippen molar-refractivity contribution < 1.29 is 0 Å². The molecule has 0 saturated carbocycles. The fraction of sp³-hybridized carbons (Fsp3) is 0.182. The third kappa shape index (κ3) is 2.20. The van der Waals surface area contributed by atoms with Crippen molar-refractivity contribution in [3.05, 3.63) is 51.4 Å². The second-order valence-corrected chi connectivity index (χ2v) is 4.50. The van der Waals surface area contributed by atoms with E-state index in [1.165, 1.54) is 0 Å². The summed E-state index contributed by atoms with van der Waals surface area (Å²) < 4.78 is 0. The molecule has 15 heavy (non-hydrogen) atoms. The van der Waals surface area contributed by atoms with Gasteiger partial charge in [-0.3, -0.25) is 4.98 Å². The monoisotopic (exact) mass is 238 g/mol. The lowest BCUT2D eigenvalue weighted by Crippen LogP contribution is -2.16. The Morgan fingerprint density at radius 3 is 2.87 bits per heavy atom. The van der Waals surface area contributed by atoms with Crippen molar-refractivity contribution in [3.8, 4) is 0 Å². The molecule has 2 rings (SSSR count). The standard InChI is InChI=1S/C11H11ClN2S/c1-13-10(8-3-2-5-14-7-8)11-9(12)4-6-15-11/h2-7,10,13H,1H3. The molecule has 2 heterocycles. The van der Waals surface area contributed by atoms with Gasteiger partial charge in [0.15, 0.2) is 0 Å². The van der Waals surface area contributed by atoms with Gasteiger partial charge in [-0.05, 0) is 30.1 Å². The summed E-state index contributed by atoms with van der Waals surface area (Å²) in [4.78, 5) is 5.25. The summed E-state index contributed by atoms with van der Waals surface area (Å²) in [5.41, 5.74) is 1.13. The maximum Gasteiger partial charge on any atom is 0.0698 e. The second kappa shape index (κ2) is 4.75. The number of aromatic nitrogens is 1. The van der Waals surface area contributed by atoms with Gasteiger partial charge in [-0.1, -0.05) is 17.7 Å². The Kier molecular flexibility index (Phi) is 3.36. The molecule has 0 bridgehead atoms. The first kappa shape index (κ1) is 10.6. The van der Waals surface area contributed by atoms with Crippen LogP contribution >= 0.6 is 22.9 Å². The van der Waals surface area contributed by atoms with Gasteiger partial charge in [-0.25, -0.2) is 0 Å². The van der Waals surface area contributed by atoms with Crippen LogP contribution in [0.4, 0.5) is 0 Å². The van der Waals surface area contributed by atoms with Crippen LogP contribution < -0.4 is 5.32 Å². The first-order valence-electron chi connectivity index (χ1n) is 4.63. The van der Waals surface area contributed by atoms with E-state index in [0.717, 1.165) is 15.5 Å². The highest BCUT2D eigenvalue weighted by atomic mass is 35.5. The lowest BCUT2D eigenvalue weighted by Gasteiger charge is -2.14. The Labute approximate surface area is 97.9 Å². The van der Waals surface area contributed by atoms with E-state index < -0.39 is 0 Å². The van der Waals surface area contributed by atoms with Crippen molar-refractivity contribution in [1.82, 2.24) is 10.3 Å². The van der Waals surface area contributed by atoms with Gasteiger partial charge in [-0.2, -0.15) is 0 Å². The number of pyridine rings is 1. The van der Waals surface area contributed by atoms with E-state index in [4.69, 9.17) is 11.6 Å². The molecule has 0 spiro atoms. The van der Waals surface area contributed by atoms with Gasteiger partial charge in [-0.15, -0.1) is 11.3 Å². The number of halogens is 1. The lowest BCUT2D eigenvalue weighted by atomic mass is 10.1. The van der Waals surface area contributed by atoms with E-state index in [-0.39, 0.29) is 6.04 Å². The summed E-state index contributed by atoms with van der Waals surface area (Å²) in [7, 11) is 1.92. The zero-order valence-electron chi connectivity index (χ0n) is 8.27. The minimum absolute atomic E-state index is 0.131. The number of thiophene rings is 1. The Bertz CT molecular complexity index is 427. The normalized spacial score (nSPS) is 12.7. The number of nitrogens with zero attached hydrogens (tertiary/aromatic N) is 1. The molecule has 0 amide bonds. The average molecular weight is 239 g/mol. The van der Waals surface area contributed by atoms with Crippen molar-refractivity contribution in [2.24, 2.45) is 0 Å². The van der Waals surface area contributed by atoms with Crippen LogP contribution in [0.25, 0.3) is 0 Å². The van der Waals surface area contributed by atoms with Gasteiger partial charge in [0.25, 0.3) is 0 Å². The minimum atomic E-state index is 0.131. The molecule has 2 aromatic rings. The van der Waals surface area contributed by atoms with Crippen molar-refractivity contribution in [3.63, 3.8) is 0 Å². The second-order valence-electron chi connectivity index (χ2n) is 3.14. The van der Waals surface area contributed by atoms with E-state index >= 15 is 0 Å². The smallest absolute Gasteiger partial charge is 0.0698 e. The number of nitrogens with one attached hydrogen (secondary N) is 1. The highest BCUT2D eigenvalue weighted by Gasteiger charge is 2.16. The molecule has 0 fully saturated rings. The predicted molar refractivity (Wildman–Crippen MR) is 64.5 cm³/mol. The number of hydrogen-bond donors (Lipinski definition) is 1. The summed E-state index contributed by atoms with van der Waals surface area (Å²) in [5.74, 6) is 0. The van der Waals surface area contributed by atoms with Gasteiger partial charge < -0.3 is 5.32 Å². The van der Waals surface area contributed by atoms with E-state index in [0.29, 0.717) is 0 Å². The zero-order valence-corrected chi connectivity index (χ0v) is 9.85. The maximum atomic E-state index is 6.11. The van der Waals surface area contributed by atoms with Crippen molar-refractivity contribution in [1.29, 1.82) is 0 Å².